The molecule has 1 aromatic carbocycles. The van der Waals surface area contributed by atoms with Crippen LogP contribution < -0.4 is 10.2 Å². The fraction of sp³-hybridized carbons (Fsp3) is 0.364. The summed E-state index contributed by atoms with van der Waals surface area (Å²) in [6.07, 6.45) is 0.0960. The molecule has 2 aromatic rings. The van der Waals surface area contributed by atoms with Crippen LogP contribution >= 0.6 is 11.6 Å². The fourth-order valence-corrected chi connectivity index (χ4v) is 3.84. The number of nitrogens with zero attached hydrogens (tertiary/aromatic N) is 3. The van der Waals surface area contributed by atoms with E-state index in [0.717, 1.165) is 10.5 Å². The van der Waals surface area contributed by atoms with Crippen molar-refractivity contribution in [3.05, 3.63) is 51.9 Å². The van der Waals surface area contributed by atoms with Gasteiger partial charge in [-0.15, -0.1) is 0 Å². The number of amides is 4. The molecule has 1 fully saturated rings. The minimum atomic E-state index is -1.33. The van der Waals surface area contributed by atoms with Crippen molar-refractivity contribution in [1.29, 1.82) is 5.26 Å². The third-order valence-corrected chi connectivity index (χ3v) is 5.77. The number of imide groups is 1. The highest BCUT2D eigenvalue weighted by Crippen LogP contribution is 2.33. The Morgan fingerprint density at radius 3 is 2.58 bits per heavy atom. The molecule has 1 saturated heterocycles. The van der Waals surface area contributed by atoms with Gasteiger partial charge in [-0.25, -0.2) is 4.79 Å². The zero-order valence-electron chi connectivity index (χ0n) is 17.8. The van der Waals surface area contributed by atoms with Crippen molar-refractivity contribution in [2.24, 2.45) is 0 Å². The van der Waals surface area contributed by atoms with Crippen LogP contribution in [0.3, 0.4) is 0 Å². The first-order chi connectivity index (χ1) is 14.6. The predicted octanol–water partition coefficient (Wildman–Crippen LogP) is 3.57. The summed E-state index contributed by atoms with van der Waals surface area (Å²) in [5.41, 5.74) is 0.529. The topological polar surface area (TPSA) is 107 Å². The molecule has 1 N–H and O–H groups in total. The standard InChI is InChI=1S/C22H23ClN4O4/c1-13-10-16(6-7-18(13)23)26(9-5-8-24)19(28)12-27-20(29)22(4,25-21(27)30)17-11-14(2)31-15(17)3/h6-7,10-11H,5,9,12H2,1-4H3,(H,25,30). The second kappa shape index (κ2) is 8.44. The van der Waals surface area contributed by atoms with Gasteiger partial charge in [0.05, 0.1) is 12.5 Å². The monoisotopic (exact) mass is 442 g/mol. The van der Waals surface area contributed by atoms with Crippen molar-refractivity contribution < 1.29 is 18.8 Å². The lowest BCUT2D eigenvalue weighted by molar-refractivity contribution is -0.134. The van der Waals surface area contributed by atoms with Gasteiger partial charge in [0.1, 0.15) is 23.6 Å². The number of anilines is 1. The molecule has 1 aromatic heterocycles. The van der Waals surface area contributed by atoms with Gasteiger partial charge in [-0.3, -0.25) is 14.5 Å². The molecule has 2 heterocycles. The minimum Gasteiger partial charge on any atom is -0.466 e. The first kappa shape index (κ1) is 22.4. The molecule has 162 valence electrons. The Labute approximate surface area is 185 Å². The first-order valence-corrected chi connectivity index (χ1v) is 10.1. The number of urea groups is 1. The van der Waals surface area contributed by atoms with E-state index in [2.05, 4.69) is 5.32 Å². The van der Waals surface area contributed by atoms with Crippen LogP contribution in [-0.4, -0.2) is 35.8 Å². The Hall–Kier alpha value is -3.31. The number of nitriles is 1. The highest BCUT2D eigenvalue weighted by atomic mass is 35.5. The van der Waals surface area contributed by atoms with Crippen molar-refractivity contribution in [2.75, 3.05) is 18.0 Å². The molecule has 1 unspecified atom stereocenters. The van der Waals surface area contributed by atoms with Crippen molar-refractivity contribution in [1.82, 2.24) is 10.2 Å². The zero-order chi connectivity index (χ0) is 22.9. The van der Waals surface area contributed by atoms with E-state index in [1.165, 1.54) is 4.90 Å². The molecular formula is C22H23ClN4O4. The molecule has 4 amide bonds. The van der Waals surface area contributed by atoms with E-state index in [0.29, 0.717) is 27.8 Å². The molecule has 1 aliphatic rings. The Kier molecular flexibility index (Phi) is 6.09. The van der Waals surface area contributed by atoms with E-state index in [9.17, 15) is 14.4 Å². The van der Waals surface area contributed by atoms with Gasteiger partial charge in [0.2, 0.25) is 5.91 Å². The molecule has 0 saturated carbocycles. The van der Waals surface area contributed by atoms with Crippen LogP contribution in [0.5, 0.6) is 0 Å². The number of rotatable bonds is 6. The molecule has 0 bridgehead atoms. The van der Waals surface area contributed by atoms with E-state index in [4.69, 9.17) is 21.3 Å². The number of aryl methyl sites for hydroxylation is 3. The smallest absolute Gasteiger partial charge is 0.325 e. The summed E-state index contributed by atoms with van der Waals surface area (Å²) in [4.78, 5) is 41.2. The molecule has 8 nitrogen and oxygen atoms in total. The second-order valence-electron chi connectivity index (χ2n) is 7.66. The average molecular weight is 443 g/mol. The van der Waals surface area contributed by atoms with E-state index >= 15 is 0 Å². The lowest BCUT2D eigenvalue weighted by Crippen LogP contribution is -2.45. The molecule has 31 heavy (non-hydrogen) atoms. The van der Waals surface area contributed by atoms with Crippen LogP contribution in [0.1, 0.15) is 36.0 Å². The Morgan fingerprint density at radius 1 is 1.29 bits per heavy atom. The number of halogens is 1. The summed E-state index contributed by atoms with van der Waals surface area (Å²) in [6.45, 7) is 6.53. The number of furan rings is 1. The largest absolute Gasteiger partial charge is 0.466 e. The summed E-state index contributed by atoms with van der Waals surface area (Å²) < 4.78 is 5.51. The first-order valence-electron chi connectivity index (χ1n) is 9.73. The number of benzene rings is 1. The summed E-state index contributed by atoms with van der Waals surface area (Å²) >= 11 is 6.08. The normalized spacial score (nSPS) is 18.1. The molecular weight excluding hydrogens is 420 g/mol. The zero-order valence-corrected chi connectivity index (χ0v) is 18.5. The highest BCUT2D eigenvalue weighted by Gasteiger charge is 2.51. The van der Waals surface area contributed by atoms with E-state index in [1.807, 2.05) is 6.07 Å². The van der Waals surface area contributed by atoms with E-state index < -0.39 is 29.9 Å². The summed E-state index contributed by atoms with van der Waals surface area (Å²) in [5.74, 6) is 0.118. The summed E-state index contributed by atoms with van der Waals surface area (Å²) in [6, 6.07) is 8.11. The Balaban J connectivity index is 1.87. The Morgan fingerprint density at radius 2 is 2.00 bits per heavy atom. The van der Waals surface area contributed by atoms with Gasteiger partial charge in [0.25, 0.3) is 5.91 Å². The number of hydrogen-bond acceptors (Lipinski definition) is 5. The Bertz CT molecular complexity index is 1100. The van der Waals surface area contributed by atoms with Crippen molar-refractivity contribution in [3.63, 3.8) is 0 Å². The van der Waals surface area contributed by atoms with E-state index in [-0.39, 0.29) is 13.0 Å². The van der Waals surface area contributed by atoms with Gasteiger partial charge in [0, 0.05) is 22.8 Å². The summed E-state index contributed by atoms with van der Waals surface area (Å²) in [7, 11) is 0. The van der Waals surface area contributed by atoms with Gasteiger partial charge < -0.3 is 14.6 Å². The average Bonchev–Trinajstić information content (AvgIpc) is 3.16. The van der Waals surface area contributed by atoms with Gasteiger partial charge in [-0.2, -0.15) is 5.26 Å². The predicted molar refractivity (Wildman–Crippen MR) is 115 cm³/mol. The molecule has 0 aliphatic carbocycles. The number of hydrogen-bond donors (Lipinski definition) is 1. The quantitative estimate of drug-likeness (QED) is 0.688. The number of nitrogens with one attached hydrogen (secondary N) is 1. The molecule has 9 heteroatoms. The van der Waals surface area contributed by atoms with Gasteiger partial charge in [0.15, 0.2) is 0 Å². The SMILES string of the molecule is Cc1cc(C2(C)NC(=O)N(CC(=O)N(CCC#N)c3ccc(Cl)c(C)c3)C2=O)c(C)o1. The number of carbonyl (C=O) groups excluding carboxylic acids is 3. The molecule has 1 aliphatic heterocycles. The lowest BCUT2D eigenvalue weighted by Gasteiger charge is -2.25. The van der Waals surface area contributed by atoms with Gasteiger partial charge in [-0.1, -0.05) is 11.6 Å². The van der Waals surface area contributed by atoms with Crippen molar-refractivity contribution in [2.45, 2.75) is 39.7 Å². The molecule has 0 spiro atoms. The highest BCUT2D eigenvalue weighted by molar-refractivity contribution is 6.31. The molecule has 1 atom stereocenters. The van der Waals surface area contributed by atoms with E-state index in [1.54, 1.807) is 52.0 Å². The second-order valence-corrected chi connectivity index (χ2v) is 8.07. The maximum absolute atomic E-state index is 13.2. The maximum Gasteiger partial charge on any atom is 0.325 e. The third kappa shape index (κ3) is 4.14. The minimum absolute atomic E-state index is 0.0960. The lowest BCUT2D eigenvalue weighted by atomic mass is 9.92. The van der Waals surface area contributed by atoms with Crippen LogP contribution in [0.2, 0.25) is 5.02 Å². The fourth-order valence-electron chi connectivity index (χ4n) is 3.73. The maximum atomic E-state index is 13.2. The third-order valence-electron chi connectivity index (χ3n) is 5.35. The van der Waals surface area contributed by atoms with Crippen LogP contribution in [0.4, 0.5) is 10.5 Å². The number of carbonyl (C=O) groups is 3. The summed E-state index contributed by atoms with van der Waals surface area (Å²) in [5, 5.41) is 12.2. The van der Waals surface area contributed by atoms with Crippen molar-refractivity contribution >= 4 is 35.1 Å². The van der Waals surface area contributed by atoms with Crippen LogP contribution in [-0.2, 0) is 15.1 Å². The molecule has 0 radical (unpaired) electrons. The van der Waals surface area contributed by atoms with Gasteiger partial charge >= 0.3 is 6.03 Å². The van der Waals surface area contributed by atoms with Crippen LogP contribution in [0, 0.1) is 32.1 Å². The van der Waals surface area contributed by atoms with Crippen LogP contribution in [0.25, 0.3) is 0 Å². The van der Waals surface area contributed by atoms with Gasteiger partial charge in [-0.05, 0) is 57.5 Å². The molecule has 3 rings (SSSR count). The van der Waals surface area contributed by atoms with Crippen molar-refractivity contribution in [3.8, 4) is 6.07 Å². The van der Waals surface area contributed by atoms with Crippen LogP contribution in [0.15, 0.2) is 28.7 Å².